The Morgan fingerprint density at radius 1 is 1.25 bits per heavy atom. The molecule has 0 aliphatic rings. The maximum Gasteiger partial charge on any atom is 0.326 e. The van der Waals surface area contributed by atoms with E-state index in [9.17, 15) is 14.7 Å². The van der Waals surface area contributed by atoms with E-state index in [1.54, 1.807) is 6.92 Å². The van der Waals surface area contributed by atoms with Gasteiger partial charge in [0.15, 0.2) is 0 Å². The Bertz CT molecular complexity index is 434. The van der Waals surface area contributed by atoms with Crippen LogP contribution >= 0.6 is 0 Å². The minimum absolute atomic E-state index is 0.254. The van der Waals surface area contributed by atoms with Crippen LogP contribution in [0.5, 0.6) is 0 Å². The fourth-order valence-electron chi connectivity index (χ4n) is 1.91. The van der Waals surface area contributed by atoms with Gasteiger partial charge in [-0.3, -0.25) is 4.79 Å². The quantitative estimate of drug-likeness (QED) is 0.665. The van der Waals surface area contributed by atoms with Crippen LogP contribution in [0.2, 0.25) is 0 Å². The van der Waals surface area contributed by atoms with Gasteiger partial charge in [0.1, 0.15) is 6.04 Å². The number of nitrogens with one attached hydrogen (secondary N) is 1. The van der Waals surface area contributed by atoms with Gasteiger partial charge < -0.3 is 16.2 Å². The van der Waals surface area contributed by atoms with Crippen LogP contribution in [0.15, 0.2) is 30.3 Å². The van der Waals surface area contributed by atoms with Gasteiger partial charge in [-0.2, -0.15) is 0 Å². The molecule has 1 rings (SSSR count). The van der Waals surface area contributed by atoms with Crippen LogP contribution in [0.4, 0.5) is 0 Å². The third kappa shape index (κ3) is 5.40. The number of aryl methyl sites for hydroxylation is 1. The summed E-state index contributed by atoms with van der Waals surface area (Å²) in [5.41, 5.74) is 6.45. The second kappa shape index (κ2) is 8.32. The van der Waals surface area contributed by atoms with E-state index in [1.807, 2.05) is 30.3 Å². The van der Waals surface area contributed by atoms with Gasteiger partial charge in [-0.25, -0.2) is 4.79 Å². The largest absolute Gasteiger partial charge is 0.480 e. The van der Waals surface area contributed by atoms with Gasteiger partial charge in [0.2, 0.25) is 5.91 Å². The zero-order chi connectivity index (χ0) is 15.0. The lowest BCUT2D eigenvalue weighted by Crippen LogP contribution is -2.43. The minimum atomic E-state index is -1.01. The topological polar surface area (TPSA) is 92.4 Å². The lowest BCUT2D eigenvalue weighted by Gasteiger charge is -2.17. The fraction of sp³-hybridized carbons (Fsp3) is 0.467. The van der Waals surface area contributed by atoms with Gasteiger partial charge >= 0.3 is 5.97 Å². The van der Waals surface area contributed by atoms with Gasteiger partial charge in [-0.15, -0.1) is 0 Å². The molecular formula is C15H22N2O3. The second-order valence-corrected chi connectivity index (χ2v) is 4.90. The summed E-state index contributed by atoms with van der Waals surface area (Å²) in [5, 5.41) is 11.7. The molecule has 20 heavy (non-hydrogen) atoms. The Morgan fingerprint density at radius 2 is 1.90 bits per heavy atom. The maximum absolute atomic E-state index is 11.8. The maximum atomic E-state index is 11.8. The Balaban J connectivity index is 2.52. The van der Waals surface area contributed by atoms with E-state index in [0.29, 0.717) is 25.8 Å². The van der Waals surface area contributed by atoms with Crippen LogP contribution < -0.4 is 11.1 Å². The molecular weight excluding hydrogens is 256 g/mol. The summed E-state index contributed by atoms with van der Waals surface area (Å²) >= 11 is 0. The highest BCUT2D eigenvalue weighted by atomic mass is 16.4. The Labute approximate surface area is 119 Å². The van der Waals surface area contributed by atoms with Crippen molar-refractivity contribution < 1.29 is 14.7 Å². The van der Waals surface area contributed by atoms with Crippen molar-refractivity contribution in [3.63, 3.8) is 0 Å². The van der Waals surface area contributed by atoms with Crippen molar-refractivity contribution >= 4 is 11.9 Å². The van der Waals surface area contributed by atoms with E-state index >= 15 is 0 Å². The monoisotopic (exact) mass is 278 g/mol. The lowest BCUT2D eigenvalue weighted by molar-refractivity contribution is -0.142. The summed E-state index contributed by atoms with van der Waals surface area (Å²) in [6.45, 7) is 2.16. The summed E-state index contributed by atoms with van der Waals surface area (Å²) < 4.78 is 0. The van der Waals surface area contributed by atoms with E-state index < -0.39 is 12.0 Å². The molecule has 4 N–H and O–H groups in total. The molecule has 0 aromatic heterocycles. The number of rotatable bonds is 8. The number of aliphatic carboxylic acids is 1. The van der Waals surface area contributed by atoms with Crippen LogP contribution in [-0.2, 0) is 16.0 Å². The third-order valence-corrected chi connectivity index (χ3v) is 3.23. The molecule has 110 valence electrons. The molecule has 0 aliphatic carbocycles. The van der Waals surface area contributed by atoms with Gasteiger partial charge in [0.25, 0.3) is 0 Å². The van der Waals surface area contributed by atoms with Crippen molar-refractivity contribution in [2.45, 2.75) is 32.2 Å². The van der Waals surface area contributed by atoms with Gasteiger partial charge in [-0.05, 0) is 31.4 Å². The fourth-order valence-corrected chi connectivity index (χ4v) is 1.91. The summed E-state index contributed by atoms with van der Waals surface area (Å²) in [5.74, 6) is -1.52. The first-order chi connectivity index (χ1) is 9.54. The van der Waals surface area contributed by atoms with E-state index in [2.05, 4.69) is 5.32 Å². The molecule has 0 heterocycles. The number of carboxylic acid groups (broad SMARTS) is 1. The highest BCUT2D eigenvalue weighted by molar-refractivity contribution is 5.84. The molecule has 0 spiro atoms. The number of carboxylic acids is 1. The molecule has 0 fully saturated rings. The van der Waals surface area contributed by atoms with Crippen molar-refractivity contribution in [2.24, 2.45) is 11.7 Å². The van der Waals surface area contributed by atoms with Crippen LogP contribution in [-0.4, -0.2) is 29.6 Å². The van der Waals surface area contributed by atoms with Crippen LogP contribution in [0, 0.1) is 5.92 Å². The first-order valence-corrected chi connectivity index (χ1v) is 6.81. The normalized spacial score (nSPS) is 13.5. The second-order valence-electron chi connectivity index (χ2n) is 4.90. The van der Waals surface area contributed by atoms with Crippen molar-refractivity contribution in [3.8, 4) is 0 Å². The van der Waals surface area contributed by atoms with Gasteiger partial charge in [0.05, 0.1) is 0 Å². The van der Waals surface area contributed by atoms with E-state index in [4.69, 9.17) is 5.73 Å². The zero-order valence-corrected chi connectivity index (χ0v) is 11.7. The average molecular weight is 278 g/mol. The predicted molar refractivity (Wildman–Crippen MR) is 77.2 cm³/mol. The standard InChI is InChI=1S/C15H22N2O3/c1-11(9-10-16)14(18)17-13(15(19)20)8-7-12-5-3-2-4-6-12/h2-6,11,13H,7-10,16H2,1H3,(H,17,18)(H,19,20). The molecule has 0 aliphatic heterocycles. The summed E-state index contributed by atoms with van der Waals surface area (Å²) in [6.07, 6.45) is 1.54. The molecule has 5 heteroatoms. The van der Waals surface area contributed by atoms with Crippen molar-refractivity contribution in [1.82, 2.24) is 5.32 Å². The highest BCUT2D eigenvalue weighted by Gasteiger charge is 2.22. The SMILES string of the molecule is CC(CCN)C(=O)NC(CCc1ccccc1)C(=O)O. The molecule has 0 bridgehead atoms. The zero-order valence-electron chi connectivity index (χ0n) is 11.7. The molecule has 0 saturated carbocycles. The molecule has 2 unspecified atom stereocenters. The van der Waals surface area contributed by atoms with Gasteiger partial charge in [-0.1, -0.05) is 37.3 Å². The van der Waals surface area contributed by atoms with E-state index in [1.165, 1.54) is 0 Å². The summed E-state index contributed by atoms with van der Waals surface area (Å²) in [4.78, 5) is 23.0. The van der Waals surface area contributed by atoms with Crippen molar-refractivity contribution in [2.75, 3.05) is 6.54 Å². The van der Waals surface area contributed by atoms with Crippen molar-refractivity contribution in [1.29, 1.82) is 0 Å². The predicted octanol–water partition coefficient (Wildman–Crippen LogP) is 1.17. The van der Waals surface area contributed by atoms with Crippen molar-refractivity contribution in [3.05, 3.63) is 35.9 Å². The number of carbonyl (C=O) groups is 2. The molecule has 1 amide bonds. The number of hydrogen-bond acceptors (Lipinski definition) is 3. The van der Waals surface area contributed by atoms with Gasteiger partial charge in [0, 0.05) is 5.92 Å². The Morgan fingerprint density at radius 3 is 2.45 bits per heavy atom. The number of nitrogens with two attached hydrogens (primary N) is 1. The number of amides is 1. The van der Waals surface area contributed by atoms with Crippen LogP contribution in [0.3, 0.4) is 0 Å². The first kappa shape index (κ1) is 16.2. The van der Waals surface area contributed by atoms with Crippen LogP contribution in [0.1, 0.15) is 25.3 Å². The third-order valence-electron chi connectivity index (χ3n) is 3.23. The van der Waals surface area contributed by atoms with Crippen LogP contribution in [0.25, 0.3) is 0 Å². The average Bonchev–Trinajstić information content (AvgIpc) is 2.44. The minimum Gasteiger partial charge on any atom is -0.480 e. The number of benzene rings is 1. The molecule has 1 aromatic rings. The number of hydrogen-bond donors (Lipinski definition) is 3. The molecule has 5 nitrogen and oxygen atoms in total. The summed E-state index contributed by atoms with van der Waals surface area (Å²) in [7, 11) is 0. The number of carbonyl (C=O) groups excluding carboxylic acids is 1. The molecule has 0 radical (unpaired) electrons. The van der Waals surface area contributed by atoms with E-state index in [0.717, 1.165) is 5.56 Å². The molecule has 0 saturated heterocycles. The Kier molecular flexibility index (Phi) is 6.73. The van der Waals surface area contributed by atoms with E-state index in [-0.39, 0.29) is 11.8 Å². The molecule has 1 aromatic carbocycles. The smallest absolute Gasteiger partial charge is 0.326 e. The Hall–Kier alpha value is -1.88. The highest BCUT2D eigenvalue weighted by Crippen LogP contribution is 2.07. The lowest BCUT2D eigenvalue weighted by atomic mass is 10.0. The summed E-state index contributed by atoms with van der Waals surface area (Å²) in [6, 6.07) is 8.76. The first-order valence-electron chi connectivity index (χ1n) is 6.81. The molecule has 2 atom stereocenters.